The minimum absolute atomic E-state index is 0. The van der Waals surface area contributed by atoms with Crippen LogP contribution < -0.4 is 34.7 Å². The molecule has 4 atom stereocenters. The number of aliphatic hydroxyl groups excluding tert-OH is 5. The van der Waals surface area contributed by atoms with E-state index in [2.05, 4.69) is 0 Å². The summed E-state index contributed by atoms with van der Waals surface area (Å²) in [4.78, 5) is 9.98. The van der Waals surface area contributed by atoms with Crippen LogP contribution in [-0.4, -0.2) is 62.5 Å². The van der Waals surface area contributed by atoms with E-state index in [0.29, 0.717) is 0 Å². The van der Waals surface area contributed by atoms with Gasteiger partial charge in [0.1, 0.15) is 24.4 Å². The van der Waals surface area contributed by atoms with Crippen molar-refractivity contribution in [3.8, 4) is 0 Å². The van der Waals surface area contributed by atoms with Crippen LogP contribution in [0.15, 0.2) is 0 Å². The van der Waals surface area contributed by atoms with E-state index in [9.17, 15) is 9.90 Å². The van der Waals surface area contributed by atoms with Crippen LogP contribution in [0.4, 0.5) is 0 Å². The standard InChI is InChI=1S/C6H12O7.ClH.Na/c7-1-2(8)3(9)4(10)5(11)6(12)13;;/h2-5,7-11H,1H2,(H,12,13);1H;/q;;+1/p-1/t2-,3-,4+,5-;;/m1../s1. The number of carboxylic acids is 1. The number of aliphatic carboxylic acids is 1. The fraction of sp³-hybridized carbons (Fsp3) is 0.833. The Hall–Kier alpha value is 0.560. The number of hydrogen-bond donors (Lipinski definition) is 5. The molecule has 0 aromatic rings. The van der Waals surface area contributed by atoms with Crippen LogP contribution in [0.3, 0.4) is 0 Å². The maximum Gasteiger partial charge on any atom is 1.00 e. The van der Waals surface area contributed by atoms with Crippen molar-refractivity contribution in [2.24, 2.45) is 0 Å². The molecular formula is C6H12ClNaO7. The van der Waals surface area contributed by atoms with Gasteiger partial charge in [0, 0.05) is 0 Å². The zero-order chi connectivity index (χ0) is 10.6. The van der Waals surface area contributed by atoms with Crippen LogP contribution in [0.2, 0.25) is 0 Å². The third-order valence-electron chi connectivity index (χ3n) is 1.50. The summed E-state index contributed by atoms with van der Waals surface area (Å²) in [7, 11) is 0. The van der Waals surface area contributed by atoms with Crippen LogP contribution >= 0.6 is 12.4 Å². The molecule has 0 amide bonds. The number of halogens is 1. The van der Waals surface area contributed by atoms with Gasteiger partial charge in [-0.3, -0.25) is 0 Å². The average molecular weight is 255 g/mol. The molecule has 0 aromatic carbocycles. The number of aliphatic hydroxyl groups is 5. The Kier molecular flexibility index (Phi) is 13.6. The fourth-order valence-electron chi connectivity index (χ4n) is 0.662. The first-order valence-electron chi connectivity index (χ1n) is 3.45. The molecule has 0 radical (unpaired) electrons. The maximum atomic E-state index is 9.98. The van der Waals surface area contributed by atoms with Crippen molar-refractivity contribution in [3.63, 3.8) is 0 Å². The second kappa shape index (κ2) is 9.76. The van der Waals surface area contributed by atoms with Crippen LogP contribution in [0.25, 0.3) is 0 Å². The summed E-state index contributed by atoms with van der Waals surface area (Å²) in [6.45, 7) is -0.863. The minimum Gasteiger partial charge on any atom is -0.547 e. The van der Waals surface area contributed by atoms with Gasteiger partial charge in [-0.2, -0.15) is 0 Å². The van der Waals surface area contributed by atoms with E-state index in [0.717, 1.165) is 0 Å². The molecule has 0 rings (SSSR count). The van der Waals surface area contributed by atoms with Crippen molar-refractivity contribution >= 4 is 18.4 Å². The van der Waals surface area contributed by atoms with Gasteiger partial charge in [-0.25, -0.2) is 0 Å². The second-order valence-electron chi connectivity index (χ2n) is 2.49. The summed E-state index contributed by atoms with van der Waals surface area (Å²) in [5.41, 5.74) is 0. The number of carboxylic acid groups (broad SMARTS) is 1. The van der Waals surface area contributed by atoms with Gasteiger partial charge in [0.2, 0.25) is 0 Å². The third-order valence-corrected chi connectivity index (χ3v) is 1.50. The van der Waals surface area contributed by atoms with E-state index in [-0.39, 0.29) is 42.0 Å². The van der Waals surface area contributed by atoms with Crippen LogP contribution in [0.5, 0.6) is 0 Å². The largest absolute Gasteiger partial charge is 1.00 e. The van der Waals surface area contributed by atoms with Gasteiger partial charge < -0.3 is 35.4 Å². The molecule has 0 aliphatic carbocycles. The minimum atomic E-state index is -2.31. The van der Waals surface area contributed by atoms with Gasteiger partial charge in [0.15, 0.2) is 0 Å². The van der Waals surface area contributed by atoms with Crippen molar-refractivity contribution in [2.45, 2.75) is 24.4 Å². The van der Waals surface area contributed by atoms with E-state index >= 15 is 0 Å². The van der Waals surface area contributed by atoms with Crippen LogP contribution in [0.1, 0.15) is 0 Å². The summed E-state index contributed by atoms with van der Waals surface area (Å²) in [5.74, 6) is -1.98. The Morgan fingerprint density at radius 2 is 1.53 bits per heavy atom. The Morgan fingerprint density at radius 1 is 1.13 bits per heavy atom. The molecule has 0 unspecified atom stereocenters. The molecule has 0 aliphatic rings. The molecule has 0 heterocycles. The van der Waals surface area contributed by atoms with Gasteiger partial charge in [-0.15, -0.1) is 12.4 Å². The fourth-order valence-corrected chi connectivity index (χ4v) is 0.662. The molecular weight excluding hydrogens is 243 g/mol. The van der Waals surface area contributed by atoms with Crippen molar-refractivity contribution < 1.29 is 65.0 Å². The maximum absolute atomic E-state index is 9.98. The Balaban J connectivity index is -0.000000720. The first kappa shape index (κ1) is 20.9. The molecule has 0 fully saturated rings. The summed E-state index contributed by atoms with van der Waals surface area (Å²) in [5, 5.41) is 53.4. The van der Waals surface area contributed by atoms with Gasteiger partial charge >= 0.3 is 29.6 Å². The Bertz CT molecular complexity index is 181. The quantitative estimate of drug-likeness (QED) is 0.307. The van der Waals surface area contributed by atoms with Gasteiger partial charge in [0.25, 0.3) is 0 Å². The molecule has 15 heavy (non-hydrogen) atoms. The smallest absolute Gasteiger partial charge is 0.547 e. The Labute approximate surface area is 114 Å². The van der Waals surface area contributed by atoms with Crippen molar-refractivity contribution in [1.29, 1.82) is 0 Å². The molecule has 7 nitrogen and oxygen atoms in total. The topological polar surface area (TPSA) is 141 Å². The molecule has 0 spiro atoms. The summed E-state index contributed by atoms with van der Waals surface area (Å²) >= 11 is 0. The van der Waals surface area contributed by atoms with Gasteiger partial charge in [0.05, 0.1) is 12.6 Å². The number of rotatable bonds is 5. The molecule has 86 valence electrons. The summed E-state index contributed by atoms with van der Waals surface area (Å²) in [6, 6.07) is 0. The monoisotopic (exact) mass is 254 g/mol. The first-order valence-corrected chi connectivity index (χ1v) is 3.45. The molecule has 9 heteroatoms. The normalized spacial score (nSPS) is 17.7. The molecule has 0 saturated carbocycles. The zero-order valence-corrected chi connectivity index (χ0v) is 10.8. The van der Waals surface area contributed by atoms with Crippen molar-refractivity contribution in [3.05, 3.63) is 0 Å². The number of carbonyl (C=O) groups excluding carboxylic acids is 1. The van der Waals surface area contributed by atoms with Crippen LogP contribution in [0, 0.1) is 0 Å². The molecule has 5 N–H and O–H groups in total. The van der Waals surface area contributed by atoms with E-state index in [1.54, 1.807) is 0 Å². The molecule has 0 saturated heterocycles. The first-order chi connectivity index (χ1) is 5.91. The molecule has 0 aliphatic heterocycles. The average Bonchev–Trinajstić information content (AvgIpc) is 2.12. The van der Waals surface area contributed by atoms with Crippen LogP contribution in [-0.2, 0) is 4.79 Å². The summed E-state index contributed by atoms with van der Waals surface area (Å²) < 4.78 is 0. The van der Waals surface area contributed by atoms with E-state index < -0.39 is 37.0 Å². The van der Waals surface area contributed by atoms with E-state index in [1.165, 1.54) is 0 Å². The Morgan fingerprint density at radius 3 is 1.80 bits per heavy atom. The summed E-state index contributed by atoms with van der Waals surface area (Å²) in [6.07, 6.45) is -8.08. The van der Waals surface area contributed by atoms with Gasteiger partial charge in [-0.1, -0.05) is 0 Å². The zero-order valence-electron chi connectivity index (χ0n) is 7.98. The van der Waals surface area contributed by atoms with E-state index in [4.69, 9.17) is 25.5 Å². The second-order valence-corrected chi connectivity index (χ2v) is 2.49. The number of carbonyl (C=O) groups is 1. The predicted molar refractivity (Wildman–Crippen MR) is 43.4 cm³/mol. The van der Waals surface area contributed by atoms with Crippen molar-refractivity contribution in [1.82, 2.24) is 0 Å². The van der Waals surface area contributed by atoms with Crippen molar-refractivity contribution in [2.75, 3.05) is 6.61 Å². The number of hydrogen-bond acceptors (Lipinski definition) is 7. The van der Waals surface area contributed by atoms with Gasteiger partial charge in [-0.05, 0) is 0 Å². The third kappa shape index (κ3) is 6.67. The molecule has 0 aromatic heterocycles. The SMILES string of the molecule is Cl.O=C([O-])[C@H](O)[C@@H](O)[C@H](O)[C@H](O)CO.[Na+]. The van der Waals surface area contributed by atoms with E-state index in [1.807, 2.05) is 0 Å². The predicted octanol–water partition coefficient (Wildman–Crippen LogP) is -7.40. The molecule has 0 bridgehead atoms.